The van der Waals surface area contributed by atoms with Crippen molar-refractivity contribution in [3.8, 4) is 6.07 Å². The molecule has 3 rings (SSSR count). The lowest BCUT2D eigenvalue weighted by molar-refractivity contribution is 0.148. The highest BCUT2D eigenvalue weighted by atomic mass is 15.2. The van der Waals surface area contributed by atoms with Crippen molar-refractivity contribution in [3.63, 3.8) is 0 Å². The van der Waals surface area contributed by atoms with E-state index in [2.05, 4.69) is 29.4 Å². The maximum absolute atomic E-state index is 8.91. The fraction of sp³-hybridized carbons (Fsp3) is 0.562. The molecule has 1 N–H and O–H groups in total. The summed E-state index contributed by atoms with van der Waals surface area (Å²) in [6.07, 6.45) is 5.27. The van der Waals surface area contributed by atoms with E-state index in [0.29, 0.717) is 6.04 Å². The zero-order chi connectivity index (χ0) is 13.2. The fourth-order valence-corrected chi connectivity index (χ4v) is 3.59. The van der Waals surface area contributed by atoms with Gasteiger partial charge in [0.1, 0.15) is 0 Å². The second kappa shape index (κ2) is 5.32. The lowest BCUT2D eigenvalue weighted by Gasteiger charge is -2.36. The van der Waals surface area contributed by atoms with Crippen LogP contribution in [0.5, 0.6) is 0 Å². The van der Waals surface area contributed by atoms with Crippen LogP contribution >= 0.6 is 0 Å². The van der Waals surface area contributed by atoms with Crippen LogP contribution in [0.2, 0.25) is 0 Å². The molecule has 0 radical (unpaired) electrons. The Morgan fingerprint density at radius 2 is 2.05 bits per heavy atom. The maximum atomic E-state index is 8.91. The Morgan fingerprint density at radius 3 is 2.74 bits per heavy atom. The smallest absolute Gasteiger partial charge is 0.0991 e. The van der Waals surface area contributed by atoms with Crippen LogP contribution in [-0.2, 0) is 6.54 Å². The zero-order valence-electron chi connectivity index (χ0n) is 11.5. The molecule has 1 aromatic rings. The van der Waals surface area contributed by atoms with Gasteiger partial charge < -0.3 is 10.2 Å². The van der Waals surface area contributed by atoms with Gasteiger partial charge in [-0.15, -0.1) is 0 Å². The van der Waals surface area contributed by atoms with Crippen LogP contribution in [0, 0.1) is 11.3 Å². The molecule has 0 amide bonds. The first-order valence-electron chi connectivity index (χ1n) is 7.20. The molecule has 100 valence electrons. The normalized spacial score (nSPS) is 30.2. The summed E-state index contributed by atoms with van der Waals surface area (Å²) >= 11 is 0. The van der Waals surface area contributed by atoms with Crippen molar-refractivity contribution < 1.29 is 0 Å². The monoisotopic (exact) mass is 255 g/mol. The van der Waals surface area contributed by atoms with Gasteiger partial charge >= 0.3 is 0 Å². The minimum Gasteiger partial charge on any atom is -0.310 e. The molecule has 2 atom stereocenters. The molecule has 2 fully saturated rings. The van der Waals surface area contributed by atoms with Crippen LogP contribution < -0.4 is 5.32 Å². The molecule has 2 aliphatic heterocycles. The molecule has 3 heteroatoms. The number of hydrogen-bond donors (Lipinski definition) is 1. The number of benzene rings is 1. The van der Waals surface area contributed by atoms with Crippen molar-refractivity contribution in [2.45, 2.75) is 50.4 Å². The van der Waals surface area contributed by atoms with E-state index in [1.165, 1.54) is 31.2 Å². The average molecular weight is 255 g/mol. The van der Waals surface area contributed by atoms with E-state index in [0.717, 1.165) is 24.2 Å². The number of rotatable bonds is 3. The maximum Gasteiger partial charge on any atom is 0.0991 e. The Balaban J connectivity index is 1.57. The Morgan fingerprint density at radius 1 is 1.32 bits per heavy atom. The third-order valence-electron chi connectivity index (χ3n) is 4.75. The number of nitriles is 1. The number of hydrogen-bond acceptors (Lipinski definition) is 3. The van der Waals surface area contributed by atoms with Gasteiger partial charge in [-0.1, -0.05) is 12.1 Å². The SMILES string of the molecule is CN1C2CCC1CC(NCc1cccc(C#N)c1)C2. The minimum absolute atomic E-state index is 0.638. The quantitative estimate of drug-likeness (QED) is 0.900. The minimum atomic E-state index is 0.638. The first-order chi connectivity index (χ1) is 9.26. The Kier molecular flexibility index (Phi) is 3.54. The predicted octanol–water partition coefficient (Wildman–Crippen LogP) is 2.27. The van der Waals surface area contributed by atoms with Gasteiger partial charge in [-0.2, -0.15) is 5.26 Å². The summed E-state index contributed by atoms with van der Waals surface area (Å²) in [4.78, 5) is 2.56. The molecule has 0 saturated carbocycles. The largest absolute Gasteiger partial charge is 0.310 e. The molecule has 2 unspecified atom stereocenters. The van der Waals surface area contributed by atoms with Gasteiger partial charge in [0.05, 0.1) is 11.6 Å². The fourth-order valence-electron chi connectivity index (χ4n) is 3.59. The topological polar surface area (TPSA) is 39.1 Å². The second-order valence-corrected chi connectivity index (χ2v) is 5.91. The van der Waals surface area contributed by atoms with E-state index in [9.17, 15) is 0 Å². The third-order valence-corrected chi connectivity index (χ3v) is 4.75. The summed E-state index contributed by atoms with van der Waals surface area (Å²) in [5.74, 6) is 0. The molecule has 0 aliphatic carbocycles. The average Bonchev–Trinajstić information content (AvgIpc) is 2.68. The molecule has 0 aromatic heterocycles. The van der Waals surface area contributed by atoms with Crippen molar-refractivity contribution in [1.82, 2.24) is 10.2 Å². The summed E-state index contributed by atoms with van der Waals surface area (Å²) < 4.78 is 0. The van der Waals surface area contributed by atoms with Crippen molar-refractivity contribution in [3.05, 3.63) is 35.4 Å². The highest BCUT2D eigenvalue weighted by Crippen LogP contribution is 2.34. The Hall–Kier alpha value is -1.37. The van der Waals surface area contributed by atoms with Gasteiger partial charge in [-0.25, -0.2) is 0 Å². The van der Waals surface area contributed by atoms with Crippen LogP contribution in [0.4, 0.5) is 0 Å². The molecule has 2 heterocycles. The predicted molar refractivity (Wildman–Crippen MR) is 75.6 cm³/mol. The molecule has 2 saturated heterocycles. The van der Waals surface area contributed by atoms with Gasteiger partial charge in [0.25, 0.3) is 0 Å². The molecule has 0 spiro atoms. The van der Waals surface area contributed by atoms with Gasteiger partial charge in [0.15, 0.2) is 0 Å². The van der Waals surface area contributed by atoms with E-state index >= 15 is 0 Å². The van der Waals surface area contributed by atoms with Crippen LogP contribution in [0.15, 0.2) is 24.3 Å². The van der Waals surface area contributed by atoms with Gasteiger partial charge in [-0.3, -0.25) is 0 Å². The van der Waals surface area contributed by atoms with Crippen molar-refractivity contribution in [2.24, 2.45) is 0 Å². The van der Waals surface area contributed by atoms with Crippen LogP contribution in [0.3, 0.4) is 0 Å². The first-order valence-corrected chi connectivity index (χ1v) is 7.20. The molecular weight excluding hydrogens is 234 g/mol. The molecule has 19 heavy (non-hydrogen) atoms. The highest BCUT2D eigenvalue weighted by molar-refractivity contribution is 5.32. The number of piperidine rings is 1. The van der Waals surface area contributed by atoms with E-state index in [4.69, 9.17) is 5.26 Å². The number of nitrogens with one attached hydrogen (secondary N) is 1. The molecule has 2 aliphatic rings. The number of nitrogens with zero attached hydrogens (tertiary/aromatic N) is 2. The van der Waals surface area contributed by atoms with Crippen LogP contribution in [-0.4, -0.2) is 30.1 Å². The Labute approximate surface area is 115 Å². The summed E-state index contributed by atoms with van der Waals surface area (Å²) in [5.41, 5.74) is 1.97. The third kappa shape index (κ3) is 2.65. The molecule has 3 nitrogen and oxygen atoms in total. The van der Waals surface area contributed by atoms with Crippen molar-refractivity contribution in [2.75, 3.05) is 7.05 Å². The number of fused-ring (bicyclic) bond motifs is 2. The summed E-state index contributed by atoms with van der Waals surface area (Å²) in [5, 5.41) is 12.6. The van der Waals surface area contributed by atoms with E-state index in [1.807, 2.05) is 18.2 Å². The summed E-state index contributed by atoms with van der Waals surface area (Å²) in [7, 11) is 2.27. The summed E-state index contributed by atoms with van der Waals surface area (Å²) in [6, 6.07) is 12.3. The molecular formula is C16H21N3. The Bertz CT molecular complexity index is 477. The zero-order valence-corrected chi connectivity index (χ0v) is 11.5. The van der Waals surface area contributed by atoms with E-state index < -0.39 is 0 Å². The second-order valence-electron chi connectivity index (χ2n) is 5.91. The lowest BCUT2D eigenvalue weighted by atomic mass is 9.97. The van der Waals surface area contributed by atoms with E-state index in [-0.39, 0.29) is 0 Å². The van der Waals surface area contributed by atoms with E-state index in [1.54, 1.807) is 0 Å². The summed E-state index contributed by atoms with van der Waals surface area (Å²) in [6.45, 7) is 0.878. The van der Waals surface area contributed by atoms with Crippen molar-refractivity contribution in [1.29, 1.82) is 5.26 Å². The van der Waals surface area contributed by atoms with Gasteiger partial charge in [0.2, 0.25) is 0 Å². The van der Waals surface area contributed by atoms with Gasteiger partial charge in [-0.05, 0) is 50.4 Å². The van der Waals surface area contributed by atoms with Crippen molar-refractivity contribution >= 4 is 0 Å². The van der Waals surface area contributed by atoms with Crippen LogP contribution in [0.1, 0.15) is 36.8 Å². The first kappa shape index (κ1) is 12.7. The van der Waals surface area contributed by atoms with Gasteiger partial charge in [0, 0.05) is 24.7 Å². The van der Waals surface area contributed by atoms with Crippen LogP contribution in [0.25, 0.3) is 0 Å². The lowest BCUT2D eigenvalue weighted by Crippen LogP contribution is -2.46. The highest BCUT2D eigenvalue weighted by Gasteiger charge is 2.37. The molecule has 1 aromatic carbocycles. The molecule has 2 bridgehead atoms. The standard InChI is InChI=1S/C16H21N3/c1-19-15-5-6-16(19)9-14(8-15)18-11-13-4-2-3-12(7-13)10-17/h2-4,7,14-16,18H,5-6,8-9,11H2,1H3.